The van der Waals surface area contributed by atoms with Gasteiger partial charge in [0.25, 0.3) is 0 Å². The van der Waals surface area contributed by atoms with Crippen LogP contribution in [0.15, 0.2) is 24.3 Å². The van der Waals surface area contributed by atoms with Gasteiger partial charge in [0.2, 0.25) is 11.8 Å². The van der Waals surface area contributed by atoms with Crippen LogP contribution in [-0.2, 0) is 20.9 Å². The van der Waals surface area contributed by atoms with E-state index in [1.807, 2.05) is 24.3 Å². The van der Waals surface area contributed by atoms with Crippen molar-refractivity contribution in [1.29, 1.82) is 0 Å². The molecule has 1 aliphatic heterocycles. The molecule has 1 aromatic carbocycles. The van der Waals surface area contributed by atoms with Crippen molar-refractivity contribution in [1.82, 2.24) is 10.2 Å². The zero-order valence-corrected chi connectivity index (χ0v) is 12.2. The number of carbonyl (C=O) groups excluding carboxylic acids is 2. The van der Waals surface area contributed by atoms with Crippen LogP contribution in [0.2, 0.25) is 0 Å². The summed E-state index contributed by atoms with van der Waals surface area (Å²) in [6.45, 7) is 5.37. The van der Waals surface area contributed by atoms with Gasteiger partial charge in [-0.3, -0.25) is 14.5 Å². The molecule has 1 heterocycles. The molecule has 0 radical (unpaired) electrons. The lowest BCUT2D eigenvalue weighted by Gasteiger charge is -2.25. The number of ether oxygens (including phenoxy) is 1. The summed E-state index contributed by atoms with van der Waals surface area (Å²) in [5.74, 6) is -0.0793. The average Bonchev–Trinajstić information content (AvgIpc) is 2.47. The molecule has 6 heteroatoms. The van der Waals surface area contributed by atoms with Crippen LogP contribution in [0.25, 0.3) is 0 Å². The molecule has 2 N–H and O–H groups in total. The molecule has 0 aliphatic carbocycles. The Balaban J connectivity index is 1.74. The van der Waals surface area contributed by atoms with E-state index in [-0.39, 0.29) is 11.8 Å². The van der Waals surface area contributed by atoms with E-state index in [0.29, 0.717) is 26.3 Å². The highest BCUT2D eigenvalue weighted by Gasteiger charge is 2.13. The summed E-state index contributed by atoms with van der Waals surface area (Å²) in [4.78, 5) is 24.8. The van der Waals surface area contributed by atoms with Gasteiger partial charge in [-0.25, -0.2) is 0 Å². The van der Waals surface area contributed by atoms with Crippen LogP contribution in [-0.4, -0.2) is 49.6 Å². The first-order valence-corrected chi connectivity index (χ1v) is 7.07. The predicted octanol–water partition coefficient (Wildman–Crippen LogP) is 0.593. The second-order valence-electron chi connectivity index (χ2n) is 5.04. The van der Waals surface area contributed by atoms with Crippen molar-refractivity contribution in [2.75, 3.05) is 38.2 Å². The van der Waals surface area contributed by atoms with Crippen LogP contribution in [0.4, 0.5) is 5.69 Å². The molecule has 6 nitrogen and oxygen atoms in total. The van der Waals surface area contributed by atoms with Gasteiger partial charge in [-0.1, -0.05) is 12.1 Å². The minimum Gasteiger partial charge on any atom is -0.379 e. The summed E-state index contributed by atoms with van der Waals surface area (Å²) in [5.41, 5.74) is 1.75. The average molecular weight is 291 g/mol. The lowest BCUT2D eigenvalue weighted by atomic mass is 10.2. The fraction of sp³-hybridized carbons (Fsp3) is 0.467. The van der Waals surface area contributed by atoms with Gasteiger partial charge < -0.3 is 15.4 Å². The molecule has 0 aromatic heterocycles. The van der Waals surface area contributed by atoms with Crippen molar-refractivity contribution in [2.24, 2.45) is 0 Å². The molecule has 2 rings (SSSR count). The second-order valence-corrected chi connectivity index (χ2v) is 5.04. The quantitative estimate of drug-likeness (QED) is 0.833. The standard InChI is InChI=1S/C15H21N3O3/c1-12(19)17-14-4-2-13(3-5-14)10-16-15(20)11-18-6-8-21-9-7-18/h2-5H,6-11H2,1H3,(H,16,20)(H,17,19). The molecule has 0 unspecified atom stereocenters. The van der Waals surface area contributed by atoms with Gasteiger partial charge in [0.05, 0.1) is 19.8 Å². The number of hydrogen-bond donors (Lipinski definition) is 2. The number of morpholine rings is 1. The lowest BCUT2D eigenvalue weighted by Crippen LogP contribution is -2.43. The summed E-state index contributed by atoms with van der Waals surface area (Å²) < 4.78 is 5.25. The highest BCUT2D eigenvalue weighted by atomic mass is 16.5. The van der Waals surface area contributed by atoms with E-state index in [1.54, 1.807) is 0 Å². The molecule has 0 bridgehead atoms. The molecule has 2 amide bonds. The van der Waals surface area contributed by atoms with Gasteiger partial charge in [-0.2, -0.15) is 0 Å². The maximum atomic E-state index is 11.8. The second kappa shape index (κ2) is 7.75. The van der Waals surface area contributed by atoms with Gasteiger partial charge in [-0.05, 0) is 17.7 Å². The van der Waals surface area contributed by atoms with Crippen molar-refractivity contribution in [3.05, 3.63) is 29.8 Å². The molecule has 0 spiro atoms. The Labute approximate surface area is 124 Å². The van der Waals surface area contributed by atoms with Crippen LogP contribution < -0.4 is 10.6 Å². The Morgan fingerprint density at radius 3 is 2.48 bits per heavy atom. The van der Waals surface area contributed by atoms with E-state index in [0.717, 1.165) is 24.3 Å². The van der Waals surface area contributed by atoms with E-state index >= 15 is 0 Å². The van der Waals surface area contributed by atoms with Gasteiger partial charge >= 0.3 is 0 Å². The predicted molar refractivity (Wildman–Crippen MR) is 79.9 cm³/mol. The van der Waals surface area contributed by atoms with Gasteiger partial charge in [0, 0.05) is 32.2 Å². The molecule has 1 aromatic rings. The Morgan fingerprint density at radius 1 is 1.19 bits per heavy atom. The number of nitrogens with one attached hydrogen (secondary N) is 2. The van der Waals surface area contributed by atoms with Crippen LogP contribution in [0, 0.1) is 0 Å². The zero-order valence-electron chi connectivity index (χ0n) is 12.2. The molecule has 21 heavy (non-hydrogen) atoms. The van der Waals surface area contributed by atoms with Crippen LogP contribution in [0.1, 0.15) is 12.5 Å². The van der Waals surface area contributed by atoms with Gasteiger partial charge in [0.1, 0.15) is 0 Å². The maximum absolute atomic E-state index is 11.8. The van der Waals surface area contributed by atoms with Crippen molar-refractivity contribution in [3.8, 4) is 0 Å². The smallest absolute Gasteiger partial charge is 0.234 e. The number of amides is 2. The fourth-order valence-corrected chi connectivity index (χ4v) is 2.13. The Hall–Kier alpha value is -1.92. The minimum atomic E-state index is -0.0958. The third-order valence-corrected chi connectivity index (χ3v) is 3.23. The fourth-order valence-electron chi connectivity index (χ4n) is 2.13. The number of hydrogen-bond acceptors (Lipinski definition) is 4. The Bertz CT molecular complexity index is 481. The number of carbonyl (C=O) groups is 2. The summed E-state index contributed by atoms with van der Waals surface area (Å²) in [7, 11) is 0. The van der Waals surface area contributed by atoms with Crippen molar-refractivity contribution in [3.63, 3.8) is 0 Å². The van der Waals surface area contributed by atoms with Crippen LogP contribution in [0.3, 0.4) is 0 Å². The van der Waals surface area contributed by atoms with Crippen molar-refractivity contribution in [2.45, 2.75) is 13.5 Å². The first kappa shape index (κ1) is 15.5. The maximum Gasteiger partial charge on any atom is 0.234 e. The van der Waals surface area contributed by atoms with Crippen LogP contribution >= 0.6 is 0 Å². The summed E-state index contributed by atoms with van der Waals surface area (Å²) in [5, 5.41) is 5.60. The third-order valence-electron chi connectivity index (χ3n) is 3.23. The number of rotatable bonds is 5. The topological polar surface area (TPSA) is 70.7 Å². The monoisotopic (exact) mass is 291 g/mol. The molecule has 114 valence electrons. The Kier molecular flexibility index (Phi) is 5.71. The summed E-state index contributed by atoms with van der Waals surface area (Å²) in [6.07, 6.45) is 0. The summed E-state index contributed by atoms with van der Waals surface area (Å²) >= 11 is 0. The van der Waals surface area contributed by atoms with E-state index in [4.69, 9.17) is 4.74 Å². The first-order valence-electron chi connectivity index (χ1n) is 7.07. The molecule has 1 saturated heterocycles. The largest absolute Gasteiger partial charge is 0.379 e. The SMILES string of the molecule is CC(=O)Nc1ccc(CNC(=O)CN2CCOCC2)cc1. The highest BCUT2D eigenvalue weighted by Crippen LogP contribution is 2.09. The van der Waals surface area contributed by atoms with E-state index < -0.39 is 0 Å². The molecule has 0 saturated carbocycles. The van der Waals surface area contributed by atoms with Gasteiger partial charge in [0.15, 0.2) is 0 Å². The molecular weight excluding hydrogens is 270 g/mol. The number of benzene rings is 1. The first-order chi connectivity index (χ1) is 10.1. The minimum absolute atomic E-state index is 0.0165. The molecule has 1 fully saturated rings. The molecule has 0 atom stereocenters. The van der Waals surface area contributed by atoms with Crippen molar-refractivity contribution >= 4 is 17.5 Å². The van der Waals surface area contributed by atoms with Gasteiger partial charge in [-0.15, -0.1) is 0 Å². The zero-order chi connectivity index (χ0) is 15.1. The normalized spacial score (nSPS) is 15.5. The molecular formula is C15H21N3O3. The number of nitrogens with zero attached hydrogens (tertiary/aromatic N) is 1. The molecule has 1 aliphatic rings. The van der Waals surface area contributed by atoms with Crippen molar-refractivity contribution < 1.29 is 14.3 Å². The van der Waals surface area contributed by atoms with Crippen LogP contribution in [0.5, 0.6) is 0 Å². The Morgan fingerprint density at radius 2 is 1.86 bits per heavy atom. The third kappa shape index (κ3) is 5.53. The highest BCUT2D eigenvalue weighted by molar-refractivity contribution is 5.88. The van der Waals surface area contributed by atoms with E-state index in [1.165, 1.54) is 6.92 Å². The number of anilines is 1. The summed E-state index contributed by atoms with van der Waals surface area (Å²) in [6, 6.07) is 7.43. The van der Waals surface area contributed by atoms with E-state index in [2.05, 4.69) is 15.5 Å². The lowest BCUT2D eigenvalue weighted by molar-refractivity contribution is -0.123. The van der Waals surface area contributed by atoms with E-state index in [9.17, 15) is 9.59 Å².